The number of aliphatic hydroxyl groups excluding tert-OH is 2. The number of hydrogen-bond donors (Lipinski definition) is 3. The summed E-state index contributed by atoms with van der Waals surface area (Å²) in [7, 11) is 0. The van der Waals surface area contributed by atoms with Gasteiger partial charge in [0.2, 0.25) is 0 Å². The summed E-state index contributed by atoms with van der Waals surface area (Å²) < 4.78 is 5.69. The lowest BCUT2D eigenvalue weighted by molar-refractivity contribution is 0.0697. The highest BCUT2D eigenvalue weighted by Crippen LogP contribution is 2.36. The Morgan fingerprint density at radius 2 is 2.04 bits per heavy atom. The maximum atomic E-state index is 11.2. The second-order valence-corrected chi connectivity index (χ2v) is 5.59. The molecule has 0 saturated heterocycles. The molecule has 0 spiro atoms. The summed E-state index contributed by atoms with van der Waals surface area (Å²) in [5, 5.41) is 28.8. The molecule has 0 fully saturated rings. The van der Waals surface area contributed by atoms with E-state index in [0.29, 0.717) is 29.9 Å². The van der Waals surface area contributed by atoms with Crippen LogP contribution >= 0.6 is 0 Å². The van der Waals surface area contributed by atoms with Crippen molar-refractivity contribution >= 4 is 5.97 Å². The van der Waals surface area contributed by atoms with E-state index in [4.69, 9.17) is 9.84 Å². The first-order valence-electron chi connectivity index (χ1n) is 7.52. The van der Waals surface area contributed by atoms with Gasteiger partial charge in [0.25, 0.3) is 0 Å². The van der Waals surface area contributed by atoms with Gasteiger partial charge in [-0.3, -0.25) is 0 Å². The number of aromatic carboxylic acids is 1. The quantitative estimate of drug-likeness (QED) is 0.811. The van der Waals surface area contributed by atoms with Crippen molar-refractivity contribution in [1.29, 1.82) is 0 Å². The Bertz CT molecular complexity index is 738. The van der Waals surface area contributed by atoms with Crippen molar-refractivity contribution in [2.45, 2.75) is 25.6 Å². The van der Waals surface area contributed by atoms with E-state index in [0.717, 1.165) is 17.5 Å². The third-order valence-electron chi connectivity index (χ3n) is 4.09. The summed E-state index contributed by atoms with van der Waals surface area (Å²) in [6, 6.07) is 10.0. The van der Waals surface area contributed by atoms with Crippen LogP contribution < -0.4 is 4.74 Å². The average Bonchev–Trinajstić information content (AvgIpc) is 2.75. The highest BCUT2D eigenvalue weighted by atomic mass is 16.5. The fourth-order valence-electron chi connectivity index (χ4n) is 2.83. The Morgan fingerprint density at radius 3 is 2.78 bits per heavy atom. The minimum atomic E-state index is -1.02. The number of aliphatic hydroxyl groups is 2. The number of benzene rings is 2. The molecular weight excluding hydrogens is 296 g/mol. The zero-order valence-electron chi connectivity index (χ0n) is 12.5. The molecule has 5 heteroatoms. The monoisotopic (exact) mass is 314 g/mol. The Kier molecular flexibility index (Phi) is 4.32. The average molecular weight is 314 g/mol. The van der Waals surface area contributed by atoms with E-state index in [9.17, 15) is 15.0 Å². The summed E-state index contributed by atoms with van der Waals surface area (Å²) in [6.07, 6.45) is 0.883. The van der Waals surface area contributed by atoms with Gasteiger partial charge in [-0.15, -0.1) is 0 Å². The summed E-state index contributed by atoms with van der Waals surface area (Å²) in [6.45, 7) is 0.353. The lowest BCUT2D eigenvalue weighted by Crippen LogP contribution is -2.00. The number of ether oxygens (including phenoxy) is 1. The van der Waals surface area contributed by atoms with Gasteiger partial charge < -0.3 is 20.1 Å². The molecule has 3 N–H and O–H groups in total. The molecule has 23 heavy (non-hydrogen) atoms. The van der Waals surface area contributed by atoms with Gasteiger partial charge in [-0.25, -0.2) is 4.79 Å². The SMILES string of the molecule is O=C(O)c1ccc(CO)c(-c2ccc3c(c2)OCCCC3O)c1. The van der Waals surface area contributed by atoms with Crippen molar-refractivity contribution in [3.8, 4) is 16.9 Å². The second kappa shape index (κ2) is 6.40. The van der Waals surface area contributed by atoms with Crippen LogP contribution in [-0.4, -0.2) is 27.9 Å². The number of carbonyl (C=O) groups is 1. The number of fused-ring (bicyclic) bond motifs is 1. The molecule has 1 atom stereocenters. The molecule has 0 amide bonds. The molecule has 0 aliphatic carbocycles. The summed E-state index contributed by atoms with van der Waals surface area (Å²) in [5.41, 5.74) is 2.95. The molecule has 120 valence electrons. The third kappa shape index (κ3) is 3.06. The van der Waals surface area contributed by atoms with E-state index >= 15 is 0 Å². The van der Waals surface area contributed by atoms with Gasteiger partial charge in [-0.1, -0.05) is 18.2 Å². The zero-order valence-corrected chi connectivity index (χ0v) is 12.5. The van der Waals surface area contributed by atoms with Crippen LogP contribution in [0.4, 0.5) is 0 Å². The van der Waals surface area contributed by atoms with Gasteiger partial charge in [-0.2, -0.15) is 0 Å². The molecule has 1 unspecified atom stereocenters. The third-order valence-corrected chi connectivity index (χ3v) is 4.09. The van der Waals surface area contributed by atoms with Crippen molar-refractivity contribution < 1.29 is 24.9 Å². The van der Waals surface area contributed by atoms with Crippen LogP contribution in [0.2, 0.25) is 0 Å². The molecule has 0 radical (unpaired) electrons. The predicted molar refractivity (Wildman–Crippen MR) is 84.4 cm³/mol. The molecular formula is C18H18O5. The normalized spacial score (nSPS) is 17.0. The van der Waals surface area contributed by atoms with E-state index in [-0.39, 0.29) is 12.2 Å². The highest BCUT2D eigenvalue weighted by molar-refractivity contribution is 5.90. The van der Waals surface area contributed by atoms with Crippen molar-refractivity contribution in [1.82, 2.24) is 0 Å². The van der Waals surface area contributed by atoms with E-state index in [1.54, 1.807) is 24.3 Å². The number of carboxylic acid groups (broad SMARTS) is 1. The van der Waals surface area contributed by atoms with E-state index in [1.165, 1.54) is 6.07 Å². The van der Waals surface area contributed by atoms with Crippen LogP contribution in [0, 0.1) is 0 Å². The van der Waals surface area contributed by atoms with E-state index < -0.39 is 12.1 Å². The Balaban J connectivity index is 2.10. The maximum Gasteiger partial charge on any atom is 0.335 e. The van der Waals surface area contributed by atoms with Crippen molar-refractivity contribution in [3.05, 3.63) is 53.1 Å². The van der Waals surface area contributed by atoms with Gasteiger partial charge in [-0.05, 0) is 47.7 Å². The number of rotatable bonds is 3. The fourth-order valence-corrected chi connectivity index (χ4v) is 2.83. The second-order valence-electron chi connectivity index (χ2n) is 5.59. The molecule has 1 aliphatic rings. The van der Waals surface area contributed by atoms with Crippen LogP contribution in [0.15, 0.2) is 36.4 Å². The first kappa shape index (κ1) is 15.5. The van der Waals surface area contributed by atoms with E-state index in [2.05, 4.69) is 0 Å². The Morgan fingerprint density at radius 1 is 1.22 bits per heavy atom. The van der Waals surface area contributed by atoms with Crippen LogP contribution in [0.25, 0.3) is 11.1 Å². The largest absolute Gasteiger partial charge is 0.493 e. The molecule has 2 aromatic carbocycles. The highest BCUT2D eigenvalue weighted by Gasteiger charge is 2.19. The maximum absolute atomic E-state index is 11.2. The fraction of sp³-hybridized carbons (Fsp3) is 0.278. The topological polar surface area (TPSA) is 87.0 Å². The molecule has 0 bridgehead atoms. The van der Waals surface area contributed by atoms with Crippen molar-refractivity contribution in [2.75, 3.05) is 6.61 Å². The molecule has 0 saturated carbocycles. The Labute approximate surface area is 133 Å². The summed E-state index contributed by atoms with van der Waals surface area (Å²) in [5.74, 6) is -0.408. The first-order valence-corrected chi connectivity index (χ1v) is 7.52. The van der Waals surface area contributed by atoms with Gasteiger partial charge in [0, 0.05) is 5.56 Å². The zero-order chi connectivity index (χ0) is 16.4. The van der Waals surface area contributed by atoms with E-state index in [1.807, 2.05) is 6.07 Å². The lowest BCUT2D eigenvalue weighted by Gasteiger charge is -2.14. The Hall–Kier alpha value is -2.37. The van der Waals surface area contributed by atoms with Crippen molar-refractivity contribution in [3.63, 3.8) is 0 Å². The standard InChI is InChI=1S/C18H18O5/c19-10-13-4-3-12(18(21)22)8-15(13)11-5-6-14-16(20)2-1-7-23-17(14)9-11/h3-6,8-9,16,19-20H,1-2,7,10H2,(H,21,22). The first-order chi connectivity index (χ1) is 11.1. The number of carboxylic acids is 1. The number of hydrogen-bond acceptors (Lipinski definition) is 4. The van der Waals surface area contributed by atoms with Crippen LogP contribution in [0.5, 0.6) is 5.75 Å². The smallest absolute Gasteiger partial charge is 0.335 e. The van der Waals surface area contributed by atoms with Gasteiger partial charge in [0.15, 0.2) is 0 Å². The lowest BCUT2D eigenvalue weighted by atomic mass is 9.95. The molecule has 3 rings (SSSR count). The molecule has 1 heterocycles. The molecule has 0 aromatic heterocycles. The van der Waals surface area contributed by atoms with Crippen LogP contribution in [0.1, 0.15) is 40.4 Å². The van der Waals surface area contributed by atoms with Crippen LogP contribution in [-0.2, 0) is 6.61 Å². The van der Waals surface area contributed by atoms with Crippen molar-refractivity contribution in [2.24, 2.45) is 0 Å². The van der Waals surface area contributed by atoms with Gasteiger partial charge in [0.05, 0.1) is 24.9 Å². The summed E-state index contributed by atoms with van der Waals surface area (Å²) in [4.78, 5) is 11.2. The van der Waals surface area contributed by atoms with Gasteiger partial charge >= 0.3 is 5.97 Å². The molecule has 1 aliphatic heterocycles. The minimum absolute atomic E-state index is 0.160. The van der Waals surface area contributed by atoms with Gasteiger partial charge in [0.1, 0.15) is 5.75 Å². The molecule has 2 aromatic rings. The summed E-state index contributed by atoms with van der Waals surface area (Å²) >= 11 is 0. The minimum Gasteiger partial charge on any atom is -0.493 e. The molecule has 5 nitrogen and oxygen atoms in total. The van der Waals surface area contributed by atoms with Crippen LogP contribution in [0.3, 0.4) is 0 Å². The predicted octanol–water partition coefficient (Wildman–Crippen LogP) is 2.75.